The van der Waals surface area contributed by atoms with Crippen molar-refractivity contribution in [1.82, 2.24) is 19.3 Å². The lowest BCUT2D eigenvalue weighted by molar-refractivity contribution is 0.256. The monoisotopic (exact) mass is 453 g/mol. The highest BCUT2D eigenvalue weighted by molar-refractivity contribution is 7.92. The van der Waals surface area contributed by atoms with Gasteiger partial charge in [0.05, 0.1) is 22.2 Å². The average Bonchev–Trinajstić information content (AvgIpc) is 3.05. The van der Waals surface area contributed by atoms with Gasteiger partial charge in [0.1, 0.15) is 22.9 Å². The number of halogens is 2. The molecule has 3 aromatic rings. The highest BCUT2D eigenvalue weighted by Gasteiger charge is 2.34. The lowest BCUT2D eigenvalue weighted by Crippen LogP contribution is -2.29. The lowest BCUT2D eigenvalue weighted by Gasteiger charge is -2.22. The molecule has 2 N–H and O–H groups in total. The number of anilines is 1. The molecule has 0 atom stereocenters. The van der Waals surface area contributed by atoms with Crippen molar-refractivity contribution in [2.75, 3.05) is 33.0 Å². The predicted molar refractivity (Wildman–Crippen MR) is 114 cm³/mol. The molecule has 0 aromatic carbocycles. The number of fused-ring (bicyclic) bond motifs is 1. The fourth-order valence-corrected chi connectivity index (χ4v) is 4.11. The van der Waals surface area contributed by atoms with Crippen LogP contribution in [0.5, 0.6) is 5.75 Å². The maximum Gasteiger partial charge on any atom is 0.224 e. The van der Waals surface area contributed by atoms with Gasteiger partial charge >= 0.3 is 0 Å². The van der Waals surface area contributed by atoms with Crippen molar-refractivity contribution in [3.05, 3.63) is 36.3 Å². The number of pyridine rings is 2. The van der Waals surface area contributed by atoms with Gasteiger partial charge in [0.2, 0.25) is 5.95 Å². The first-order chi connectivity index (χ1) is 14.3. The van der Waals surface area contributed by atoms with Crippen molar-refractivity contribution in [2.45, 2.75) is 30.4 Å². The number of nitrogen functional groups attached to an aromatic ring is 1. The number of hydrogen-bond acceptors (Lipinski definition) is 7. The number of rotatable bonds is 6. The van der Waals surface area contributed by atoms with Gasteiger partial charge in [-0.3, -0.25) is 4.40 Å². The molecule has 0 saturated carbocycles. The Morgan fingerprint density at radius 1 is 1.23 bits per heavy atom. The fourth-order valence-electron chi connectivity index (χ4n) is 2.83. The molecular formula is C20H25F2N5O3S. The van der Waals surface area contributed by atoms with Crippen LogP contribution in [0.3, 0.4) is 0 Å². The standard InChI is InChI=1S/C20H25F2N5O3S/c1-20(2,3)31(28,29)16-11-27-14(12-8-13(21)19(23)25-18(12)22)10-24-17(27)9-15(16)30-7-6-26(4)5/h8-11H,6-7H2,1-5H3,(H2,23,25). The van der Waals surface area contributed by atoms with Crippen molar-refractivity contribution in [3.8, 4) is 17.0 Å². The van der Waals surface area contributed by atoms with E-state index in [4.69, 9.17) is 10.5 Å². The van der Waals surface area contributed by atoms with Gasteiger partial charge < -0.3 is 15.4 Å². The summed E-state index contributed by atoms with van der Waals surface area (Å²) in [5.74, 6) is -2.31. The number of ether oxygens (including phenoxy) is 1. The molecule has 0 radical (unpaired) electrons. The maximum absolute atomic E-state index is 14.4. The second-order valence-corrected chi connectivity index (χ2v) is 11.0. The van der Waals surface area contributed by atoms with Gasteiger partial charge in [0.15, 0.2) is 21.5 Å². The molecule has 0 fully saturated rings. The molecule has 0 bridgehead atoms. The second kappa shape index (κ2) is 8.04. The number of sulfone groups is 1. The zero-order chi connectivity index (χ0) is 23.1. The van der Waals surface area contributed by atoms with Gasteiger partial charge in [-0.15, -0.1) is 0 Å². The van der Waals surface area contributed by atoms with Crippen LogP contribution in [0.2, 0.25) is 0 Å². The van der Waals surface area contributed by atoms with Gasteiger partial charge in [-0.05, 0) is 40.9 Å². The van der Waals surface area contributed by atoms with E-state index in [1.54, 1.807) is 20.8 Å². The van der Waals surface area contributed by atoms with Crippen LogP contribution in [0.4, 0.5) is 14.6 Å². The molecular weight excluding hydrogens is 428 g/mol. The Kier molecular flexibility index (Phi) is 5.94. The number of imidazole rings is 1. The van der Waals surface area contributed by atoms with Crippen molar-refractivity contribution in [3.63, 3.8) is 0 Å². The van der Waals surface area contributed by atoms with Crippen LogP contribution in [-0.2, 0) is 9.84 Å². The summed E-state index contributed by atoms with van der Waals surface area (Å²) in [7, 11) is -0.102. The third kappa shape index (κ3) is 4.33. The predicted octanol–water partition coefficient (Wildman–Crippen LogP) is 2.77. The van der Waals surface area contributed by atoms with Crippen LogP contribution in [-0.4, -0.2) is 59.7 Å². The molecule has 3 aromatic heterocycles. The van der Waals surface area contributed by atoms with Crippen molar-refractivity contribution < 1.29 is 21.9 Å². The summed E-state index contributed by atoms with van der Waals surface area (Å²) >= 11 is 0. The van der Waals surface area contributed by atoms with Gasteiger partial charge in [0.25, 0.3) is 0 Å². The van der Waals surface area contributed by atoms with E-state index >= 15 is 0 Å². The molecule has 0 aliphatic heterocycles. The zero-order valence-electron chi connectivity index (χ0n) is 18.0. The minimum atomic E-state index is -3.84. The topological polar surface area (TPSA) is 103 Å². The van der Waals surface area contributed by atoms with E-state index < -0.39 is 32.2 Å². The second-order valence-electron chi connectivity index (χ2n) is 8.33. The Hall–Kier alpha value is -2.79. The molecule has 31 heavy (non-hydrogen) atoms. The molecule has 0 aliphatic carbocycles. The number of hydrogen-bond donors (Lipinski definition) is 1. The quantitative estimate of drug-likeness (QED) is 0.573. The van der Waals surface area contributed by atoms with Gasteiger partial charge in [-0.25, -0.2) is 17.8 Å². The van der Waals surface area contributed by atoms with E-state index in [-0.39, 0.29) is 28.5 Å². The van der Waals surface area contributed by atoms with Crippen LogP contribution in [0, 0.1) is 11.8 Å². The molecule has 0 aliphatic rings. The summed E-state index contributed by atoms with van der Waals surface area (Å²) in [6.07, 6.45) is 2.62. The van der Waals surface area contributed by atoms with Gasteiger partial charge in [0, 0.05) is 18.8 Å². The van der Waals surface area contributed by atoms with Crippen LogP contribution in [0.25, 0.3) is 16.9 Å². The highest BCUT2D eigenvalue weighted by atomic mass is 32.2. The third-order valence-electron chi connectivity index (χ3n) is 4.70. The smallest absolute Gasteiger partial charge is 0.224 e. The summed E-state index contributed by atoms with van der Waals surface area (Å²) in [6, 6.07) is 2.37. The molecule has 0 spiro atoms. The number of nitrogens with two attached hydrogens (primary N) is 1. The minimum Gasteiger partial charge on any atom is -0.491 e. The van der Waals surface area contributed by atoms with E-state index in [0.717, 1.165) is 6.07 Å². The maximum atomic E-state index is 14.4. The summed E-state index contributed by atoms with van der Waals surface area (Å²) in [4.78, 5) is 9.40. The number of nitrogens with zero attached hydrogens (tertiary/aromatic N) is 4. The molecule has 3 heterocycles. The fraction of sp³-hybridized carbons (Fsp3) is 0.400. The third-order valence-corrected chi connectivity index (χ3v) is 7.20. The highest BCUT2D eigenvalue weighted by Crippen LogP contribution is 2.35. The Balaban J connectivity index is 2.23. The Labute approximate surface area is 179 Å². The van der Waals surface area contributed by atoms with Crippen LogP contribution in [0.1, 0.15) is 20.8 Å². The minimum absolute atomic E-state index is 0.0743. The lowest BCUT2D eigenvalue weighted by atomic mass is 10.2. The number of likely N-dealkylation sites (N-methyl/N-ethyl adjacent to an activating group) is 1. The molecule has 0 saturated heterocycles. The molecule has 11 heteroatoms. The molecule has 3 rings (SSSR count). The van der Waals surface area contributed by atoms with Gasteiger partial charge in [-0.1, -0.05) is 0 Å². The summed E-state index contributed by atoms with van der Waals surface area (Å²) < 4.78 is 60.9. The van der Waals surface area contributed by atoms with Crippen molar-refractivity contribution in [1.29, 1.82) is 0 Å². The van der Waals surface area contributed by atoms with Crippen molar-refractivity contribution in [2.24, 2.45) is 0 Å². The van der Waals surface area contributed by atoms with Gasteiger partial charge in [-0.2, -0.15) is 9.37 Å². The molecule has 0 unspecified atom stereocenters. The van der Waals surface area contributed by atoms with E-state index in [1.165, 1.54) is 22.9 Å². The normalized spacial score (nSPS) is 12.6. The summed E-state index contributed by atoms with van der Waals surface area (Å²) in [5, 5.41) is 0. The first kappa shape index (κ1) is 22.9. The average molecular weight is 454 g/mol. The van der Waals surface area contributed by atoms with Crippen LogP contribution >= 0.6 is 0 Å². The van der Waals surface area contributed by atoms with E-state index in [9.17, 15) is 17.2 Å². The Bertz CT molecular complexity index is 1230. The largest absolute Gasteiger partial charge is 0.491 e. The number of aromatic nitrogens is 3. The summed E-state index contributed by atoms with van der Waals surface area (Å²) in [5.41, 5.74) is 5.56. The van der Waals surface area contributed by atoms with Crippen LogP contribution in [0.15, 0.2) is 29.4 Å². The van der Waals surface area contributed by atoms with Crippen LogP contribution < -0.4 is 10.5 Å². The first-order valence-corrected chi connectivity index (χ1v) is 11.0. The SMILES string of the molecule is CN(C)CCOc1cc2ncc(-c3cc(F)c(N)nc3F)n2cc1S(=O)(=O)C(C)(C)C. The first-order valence-electron chi connectivity index (χ1n) is 9.48. The molecule has 168 valence electrons. The summed E-state index contributed by atoms with van der Waals surface area (Å²) in [6.45, 7) is 5.55. The van der Waals surface area contributed by atoms with Crippen molar-refractivity contribution >= 4 is 21.3 Å². The molecule has 0 amide bonds. The Morgan fingerprint density at radius 2 is 1.90 bits per heavy atom. The zero-order valence-corrected chi connectivity index (χ0v) is 18.8. The Morgan fingerprint density at radius 3 is 2.52 bits per heavy atom. The molecule has 8 nitrogen and oxygen atoms in total. The van der Waals surface area contributed by atoms with E-state index in [1.807, 2.05) is 19.0 Å². The van der Waals surface area contributed by atoms with E-state index in [2.05, 4.69) is 9.97 Å². The van der Waals surface area contributed by atoms with E-state index in [0.29, 0.717) is 12.2 Å².